The average molecular weight is 517 g/mol. The van der Waals surface area contributed by atoms with Gasteiger partial charge in [-0.25, -0.2) is 0 Å². The normalized spacial score (nSPS) is 49.4. The standard InChI is InChI=1S/C31H52N2O4/c1-21(34)37-29-26(32-12-6-4-5-7-13-32)19-25-23-9-8-22-18-28(35)27(33-14-16-36-17-15-33)20-31(22,3)24(23)10-11-30(25,29)2/h22-29,35H,4-20H2,1-3H3/t22?,23-,24-,25+,26?,27?,28?,29?,30+,31+/m1/s1. The molecule has 0 amide bonds. The lowest BCUT2D eigenvalue weighted by Crippen LogP contribution is -2.61. The van der Waals surface area contributed by atoms with E-state index in [-0.39, 0.29) is 29.6 Å². The predicted octanol–water partition coefficient (Wildman–Crippen LogP) is 4.49. The number of hydrogen-bond acceptors (Lipinski definition) is 6. The van der Waals surface area contributed by atoms with Crippen LogP contribution in [0.5, 0.6) is 0 Å². The van der Waals surface area contributed by atoms with Crippen LogP contribution in [0.4, 0.5) is 0 Å². The van der Waals surface area contributed by atoms with Crippen LogP contribution in [0.2, 0.25) is 0 Å². The van der Waals surface area contributed by atoms with Crippen LogP contribution in [0.1, 0.15) is 91.4 Å². The number of likely N-dealkylation sites (tertiary alicyclic amines) is 1. The highest BCUT2D eigenvalue weighted by Gasteiger charge is 2.64. The Hall–Kier alpha value is -0.690. The quantitative estimate of drug-likeness (QED) is 0.558. The van der Waals surface area contributed by atoms with Gasteiger partial charge in [0.1, 0.15) is 6.10 Å². The number of ether oxygens (including phenoxy) is 2. The second kappa shape index (κ2) is 10.4. The summed E-state index contributed by atoms with van der Waals surface area (Å²) in [6, 6.07) is 0.662. The monoisotopic (exact) mass is 516 g/mol. The summed E-state index contributed by atoms with van der Waals surface area (Å²) in [5.74, 6) is 2.61. The molecule has 2 aliphatic heterocycles. The van der Waals surface area contributed by atoms with Crippen molar-refractivity contribution in [3.05, 3.63) is 0 Å². The van der Waals surface area contributed by atoms with Crippen LogP contribution < -0.4 is 0 Å². The highest BCUT2D eigenvalue weighted by atomic mass is 16.5. The second-order valence-corrected chi connectivity index (χ2v) is 14.2. The van der Waals surface area contributed by atoms with E-state index in [4.69, 9.17) is 9.47 Å². The van der Waals surface area contributed by atoms with E-state index in [0.717, 1.165) is 64.1 Å². The summed E-state index contributed by atoms with van der Waals surface area (Å²) in [6.45, 7) is 12.5. The second-order valence-electron chi connectivity index (χ2n) is 14.2. The molecule has 6 fully saturated rings. The first-order valence-electron chi connectivity index (χ1n) is 15.7. The van der Waals surface area contributed by atoms with Crippen LogP contribution in [0, 0.1) is 34.5 Å². The van der Waals surface area contributed by atoms with Crippen molar-refractivity contribution in [3.63, 3.8) is 0 Å². The van der Waals surface area contributed by atoms with Crippen molar-refractivity contribution in [2.45, 2.75) is 116 Å². The number of carbonyl (C=O) groups excluding carboxylic acids is 1. The van der Waals surface area contributed by atoms with Crippen molar-refractivity contribution in [1.29, 1.82) is 0 Å². The topological polar surface area (TPSA) is 62.2 Å². The molecule has 210 valence electrons. The van der Waals surface area contributed by atoms with E-state index in [2.05, 4.69) is 23.6 Å². The first kappa shape index (κ1) is 26.5. The number of rotatable bonds is 3. The van der Waals surface area contributed by atoms with Crippen LogP contribution in [0.25, 0.3) is 0 Å². The summed E-state index contributed by atoms with van der Waals surface area (Å²) in [4.78, 5) is 17.6. The molecule has 2 heterocycles. The molecule has 0 aromatic rings. The molecule has 5 unspecified atom stereocenters. The van der Waals surface area contributed by atoms with E-state index in [1.54, 1.807) is 6.92 Å². The highest BCUT2D eigenvalue weighted by Crippen LogP contribution is 2.67. The molecule has 0 aromatic carbocycles. The van der Waals surface area contributed by atoms with Crippen LogP contribution >= 0.6 is 0 Å². The van der Waals surface area contributed by atoms with Crippen molar-refractivity contribution in [1.82, 2.24) is 9.80 Å². The van der Waals surface area contributed by atoms with Gasteiger partial charge in [-0.05, 0) is 100.0 Å². The summed E-state index contributed by atoms with van der Waals surface area (Å²) < 4.78 is 11.9. The van der Waals surface area contributed by atoms with Crippen LogP contribution in [-0.2, 0) is 14.3 Å². The van der Waals surface area contributed by atoms with Gasteiger partial charge in [0.2, 0.25) is 0 Å². The predicted molar refractivity (Wildman–Crippen MR) is 144 cm³/mol. The van der Waals surface area contributed by atoms with Gasteiger partial charge in [-0.1, -0.05) is 26.7 Å². The van der Waals surface area contributed by atoms with Crippen molar-refractivity contribution < 1.29 is 19.4 Å². The Kier molecular flexibility index (Phi) is 7.44. The molecule has 2 saturated heterocycles. The third-order valence-corrected chi connectivity index (χ3v) is 12.5. The number of fused-ring (bicyclic) bond motifs is 5. The smallest absolute Gasteiger partial charge is 0.302 e. The number of aliphatic hydroxyl groups is 1. The van der Waals surface area contributed by atoms with Crippen LogP contribution in [-0.4, -0.2) is 84.6 Å². The summed E-state index contributed by atoms with van der Waals surface area (Å²) in [7, 11) is 0. The molecule has 10 atom stereocenters. The minimum Gasteiger partial charge on any atom is -0.460 e. The minimum absolute atomic E-state index is 0.0360. The Morgan fingerprint density at radius 1 is 0.865 bits per heavy atom. The molecule has 6 aliphatic rings. The van der Waals surface area contributed by atoms with Gasteiger partial charge < -0.3 is 14.6 Å². The summed E-state index contributed by atoms with van der Waals surface area (Å²) in [6.07, 6.45) is 13.3. The number of nitrogens with zero attached hydrogens (tertiary/aromatic N) is 2. The summed E-state index contributed by atoms with van der Waals surface area (Å²) >= 11 is 0. The largest absolute Gasteiger partial charge is 0.460 e. The SMILES string of the molecule is CC(=O)OC1C(N2CCCCCC2)C[C@H]2[C@@H]3CCC4CC(O)C(N5CCOCC5)C[C@]4(C)[C@@H]3CC[C@]12C. The zero-order chi connectivity index (χ0) is 25.8. The van der Waals surface area contributed by atoms with E-state index in [1.165, 1.54) is 57.8 Å². The molecule has 4 aliphatic carbocycles. The highest BCUT2D eigenvalue weighted by molar-refractivity contribution is 5.66. The summed E-state index contributed by atoms with van der Waals surface area (Å²) in [5.41, 5.74) is 0.384. The molecule has 6 heteroatoms. The van der Waals surface area contributed by atoms with Gasteiger partial charge in [-0.2, -0.15) is 0 Å². The maximum atomic E-state index is 12.4. The first-order chi connectivity index (χ1) is 17.8. The molecular weight excluding hydrogens is 464 g/mol. The zero-order valence-electron chi connectivity index (χ0n) is 23.7. The van der Waals surface area contributed by atoms with Crippen molar-refractivity contribution in [3.8, 4) is 0 Å². The van der Waals surface area contributed by atoms with Crippen molar-refractivity contribution >= 4 is 5.97 Å². The van der Waals surface area contributed by atoms with Crippen LogP contribution in [0.3, 0.4) is 0 Å². The molecular formula is C31H52N2O4. The maximum absolute atomic E-state index is 12.4. The Morgan fingerprint density at radius 3 is 2.27 bits per heavy atom. The fraction of sp³-hybridized carbons (Fsp3) is 0.968. The van der Waals surface area contributed by atoms with Gasteiger partial charge >= 0.3 is 5.97 Å². The zero-order valence-corrected chi connectivity index (χ0v) is 23.7. The summed E-state index contributed by atoms with van der Waals surface area (Å²) in [5, 5.41) is 11.2. The Labute approximate surface area is 224 Å². The molecule has 0 aromatic heterocycles. The lowest BCUT2D eigenvalue weighted by molar-refractivity contribution is -0.172. The molecule has 6 nitrogen and oxygen atoms in total. The van der Waals surface area contributed by atoms with Gasteiger partial charge in [0, 0.05) is 37.5 Å². The van der Waals surface area contributed by atoms with Gasteiger partial charge in [0.15, 0.2) is 0 Å². The maximum Gasteiger partial charge on any atom is 0.302 e. The fourth-order valence-corrected chi connectivity index (χ4v) is 10.7. The minimum atomic E-state index is -0.200. The van der Waals surface area contributed by atoms with Gasteiger partial charge in [-0.15, -0.1) is 0 Å². The molecule has 0 spiro atoms. The number of aliphatic hydroxyl groups excluding tert-OH is 1. The average Bonchev–Trinajstić information content (AvgIpc) is 3.03. The Balaban J connectivity index is 1.26. The van der Waals surface area contributed by atoms with Crippen LogP contribution in [0.15, 0.2) is 0 Å². The van der Waals surface area contributed by atoms with Gasteiger partial charge in [0.25, 0.3) is 0 Å². The number of esters is 1. The van der Waals surface area contributed by atoms with Gasteiger partial charge in [0.05, 0.1) is 19.3 Å². The molecule has 0 bridgehead atoms. The molecule has 1 N–H and O–H groups in total. The van der Waals surface area contributed by atoms with E-state index >= 15 is 0 Å². The third kappa shape index (κ3) is 4.60. The van der Waals surface area contributed by atoms with E-state index in [0.29, 0.717) is 23.3 Å². The van der Waals surface area contributed by atoms with E-state index in [9.17, 15) is 9.90 Å². The fourth-order valence-electron chi connectivity index (χ4n) is 10.7. The molecule has 4 saturated carbocycles. The number of morpholine rings is 1. The molecule has 6 rings (SSSR count). The van der Waals surface area contributed by atoms with E-state index < -0.39 is 0 Å². The molecule has 0 radical (unpaired) electrons. The molecule has 37 heavy (non-hydrogen) atoms. The number of carbonyl (C=O) groups is 1. The van der Waals surface area contributed by atoms with Crippen molar-refractivity contribution in [2.75, 3.05) is 39.4 Å². The van der Waals surface area contributed by atoms with Gasteiger partial charge in [-0.3, -0.25) is 14.6 Å². The third-order valence-electron chi connectivity index (χ3n) is 12.5. The lowest BCUT2D eigenvalue weighted by atomic mass is 9.44. The Bertz CT molecular complexity index is 824. The lowest BCUT2D eigenvalue weighted by Gasteiger charge is -2.62. The number of hydrogen-bond donors (Lipinski definition) is 1. The van der Waals surface area contributed by atoms with Crippen molar-refractivity contribution in [2.24, 2.45) is 34.5 Å². The Morgan fingerprint density at radius 2 is 1.57 bits per heavy atom. The first-order valence-corrected chi connectivity index (χ1v) is 15.7. The van der Waals surface area contributed by atoms with E-state index in [1.807, 2.05) is 0 Å².